The van der Waals surface area contributed by atoms with Gasteiger partial charge in [-0.2, -0.15) is 13.2 Å². The van der Waals surface area contributed by atoms with Crippen molar-refractivity contribution in [1.82, 2.24) is 0 Å². The zero-order chi connectivity index (χ0) is 13.8. The van der Waals surface area contributed by atoms with Crippen LogP contribution in [-0.4, -0.2) is 5.78 Å². The van der Waals surface area contributed by atoms with Crippen LogP contribution in [0.4, 0.5) is 13.2 Å². The van der Waals surface area contributed by atoms with Gasteiger partial charge in [0.15, 0.2) is 5.78 Å². The summed E-state index contributed by atoms with van der Waals surface area (Å²) in [5.74, 6) is -0.273. The number of benzene rings is 1. The van der Waals surface area contributed by atoms with Gasteiger partial charge < -0.3 is 0 Å². The molecule has 18 heavy (non-hydrogen) atoms. The summed E-state index contributed by atoms with van der Waals surface area (Å²) in [6.45, 7) is 4.90. The molecular weight excluding hydrogens is 241 g/mol. The molecule has 0 radical (unpaired) electrons. The van der Waals surface area contributed by atoms with E-state index >= 15 is 0 Å². The van der Waals surface area contributed by atoms with Crippen LogP contribution >= 0.6 is 0 Å². The summed E-state index contributed by atoms with van der Waals surface area (Å²) < 4.78 is 36.9. The maximum atomic E-state index is 12.3. The van der Waals surface area contributed by atoms with Gasteiger partial charge in [0, 0.05) is 5.57 Å². The fraction of sp³-hybridized carbons (Fsp3) is 0.143. The molecule has 0 saturated carbocycles. The maximum Gasteiger partial charge on any atom is 0.416 e. The predicted molar refractivity (Wildman–Crippen MR) is 63.8 cm³/mol. The van der Waals surface area contributed by atoms with Gasteiger partial charge in [-0.3, -0.25) is 4.79 Å². The van der Waals surface area contributed by atoms with E-state index in [2.05, 4.69) is 12.3 Å². The third-order valence-electron chi connectivity index (χ3n) is 2.30. The normalized spacial score (nSPS) is 11.3. The zero-order valence-corrected chi connectivity index (χ0v) is 9.71. The quantitative estimate of drug-likeness (QED) is 0.586. The first-order valence-corrected chi connectivity index (χ1v) is 5.11. The van der Waals surface area contributed by atoms with E-state index in [0.29, 0.717) is 11.1 Å². The summed E-state index contributed by atoms with van der Waals surface area (Å²) in [6.07, 6.45) is -1.63. The molecule has 1 nitrogen and oxygen atoms in total. The van der Waals surface area contributed by atoms with E-state index < -0.39 is 11.7 Å². The maximum absolute atomic E-state index is 12.3. The van der Waals surface area contributed by atoms with Crippen LogP contribution in [0.3, 0.4) is 0 Å². The van der Waals surface area contributed by atoms with Crippen molar-refractivity contribution >= 4 is 11.9 Å². The van der Waals surface area contributed by atoms with Gasteiger partial charge in [-0.1, -0.05) is 24.8 Å². The minimum Gasteiger partial charge on any atom is -0.289 e. The van der Waals surface area contributed by atoms with Gasteiger partial charge in [-0.15, -0.1) is 5.73 Å². The van der Waals surface area contributed by atoms with Crippen LogP contribution in [0.1, 0.15) is 18.1 Å². The molecule has 0 heterocycles. The molecule has 0 aliphatic rings. The molecule has 0 N–H and O–H groups in total. The van der Waals surface area contributed by atoms with Crippen LogP contribution < -0.4 is 0 Å². The third-order valence-corrected chi connectivity index (χ3v) is 2.30. The molecule has 0 saturated heterocycles. The summed E-state index contributed by atoms with van der Waals surface area (Å²) in [7, 11) is 0. The topological polar surface area (TPSA) is 17.1 Å². The van der Waals surface area contributed by atoms with E-state index in [-0.39, 0.29) is 5.78 Å². The third kappa shape index (κ3) is 3.75. The number of hydrogen-bond donors (Lipinski definition) is 0. The van der Waals surface area contributed by atoms with Gasteiger partial charge in [0.1, 0.15) is 0 Å². The number of alkyl halides is 3. The molecule has 0 amide bonds. The molecule has 1 rings (SSSR count). The zero-order valence-electron chi connectivity index (χ0n) is 9.71. The van der Waals surface area contributed by atoms with Crippen molar-refractivity contribution in [3.63, 3.8) is 0 Å². The molecule has 0 unspecified atom stereocenters. The molecule has 0 aliphatic carbocycles. The molecule has 1 aromatic carbocycles. The predicted octanol–water partition coefficient (Wildman–Crippen LogP) is 4.02. The van der Waals surface area contributed by atoms with Gasteiger partial charge in [0.25, 0.3) is 0 Å². The SMILES string of the molecule is C=C=C(C)C(=O)/C=C/c1ccc(C(F)(F)F)cc1. The minimum absolute atomic E-state index is 0.273. The minimum atomic E-state index is -4.35. The number of hydrogen-bond acceptors (Lipinski definition) is 1. The fourth-order valence-corrected chi connectivity index (χ4v) is 1.17. The van der Waals surface area contributed by atoms with Crippen molar-refractivity contribution < 1.29 is 18.0 Å². The van der Waals surface area contributed by atoms with Crippen molar-refractivity contribution in [2.45, 2.75) is 13.1 Å². The second kappa shape index (κ2) is 5.52. The van der Waals surface area contributed by atoms with Crippen LogP contribution in [0.2, 0.25) is 0 Å². The number of allylic oxidation sites excluding steroid dienone is 2. The van der Waals surface area contributed by atoms with Crippen molar-refractivity contribution in [3.8, 4) is 0 Å². The molecule has 4 heteroatoms. The largest absolute Gasteiger partial charge is 0.416 e. The fourth-order valence-electron chi connectivity index (χ4n) is 1.17. The lowest BCUT2D eigenvalue weighted by atomic mass is 10.1. The lowest BCUT2D eigenvalue weighted by Crippen LogP contribution is -2.04. The lowest BCUT2D eigenvalue weighted by Gasteiger charge is -2.05. The van der Waals surface area contributed by atoms with Gasteiger partial charge in [-0.25, -0.2) is 0 Å². The number of carbonyl (C=O) groups is 1. The Morgan fingerprint density at radius 3 is 2.28 bits per heavy atom. The number of carbonyl (C=O) groups excluding carboxylic acids is 1. The standard InChI is InChI=1S/C14H11F3O/c1-3-10(2)13(18)9-6-11-4-7-12(8-5-11)14(15,16)17/h4-9H,1H2,2H3/b9-6+. The first kappa shape index (κ1) is 14.0. The van der Waals surface area contributed by atoms with E-state index in [9.17, 15) is 18.0 Å². The molecular formula is C14H11F3O. The average molecular weight is 252 g/mol. The summed E-state index contributed by atoms with van der Waals surface area (Å²) in [5, 5.41) is 0. The first-order chi connectivity index (χ1) is 8.34. The Bertz CT molecular complexity index is 515. The summed E-state index contributed by atoms with van der Waals surface area (Å²) >= 11 is 0. The van der Waals surface area contributed by atoms with Crippen LogP contribution in [0.25, 0.3) is 6.08 Å². The summed E-state index contributed by atoms with van der Waals surface area (Å²) in [6, 6.07) is 4.56. The average Bonchev–Trinajstić information content (AvgIpc) is 2.34. The molecule has 0 fully saturated rings. The Morgan fingerprint density at radius 2 is 1.83 bits per heavy atom. The van der Waals surface area contributed by atoms with Crippen LogP contribution in [-0.2, 0) is 11.0 Å². The Kier molecular flexibility index (Phi) is 4.29. The lowest BCUT2D eigenvalue weighted by molar-refractivity contribution is -0.137. The second-order valence-electron chi connectivity index (χ2n) is 3.62. The highest BCUT2D eigenvalue weighted by Crippen LogP contribution is 2.29. The molecule has 0 aliphatic heterocycles. The van der Waals surface area contributed by atoms with Gasteiger partial charge in [-0.05, 0) is 30.7 Å². The van der Waals surface area contributed by atoms with Crippen LogP contribution in [0.15, 0.2) is 48.2 Å². The van der Waals surface area contributed by atoms with Crippen LogP contribution in [0.5, 0.6) is 0 Å². The number of ketones is 1. The van der Waals surface area contributed by atoms with E-state index in [1.54, 1.807) is 6.92 Å². The van der Waals surface area contributed by atoms with E-state index in [4.69, 9.17) is 0 Å². The van der Waals surface area contributed by atoms with E-state index in [1.807, 2.05) is 0 Å². The number of halogens is 3. The van der Waals surface area contributed by atoms with Gasteiger partial charge in [0.05, 0.1) is 5.56 Å². The first-order valence-electron chi connectivity index (χ1n) is 5.11. The molecule has 0 bridgehead atoms. The van der Waals surface area contributed by atoms with Crippen molar-refractivity contribution in [2.24, 2.45) is 0 Å². The Balaban J connectivity index is 2.85. The van der Waals surface area contributed by atoms with E-state index in [1.165, 1.54) is 24.3 Å². The second-order valence-corrected chi connectivity index (χ2v) is 3.62. The summed E-state index contributed by atoms with van der Waals surface area (Å²) in [4.78, 5) is 11.4. The Morgan fingerprint density at radius 1 is 1.28 bits per heavy atom. The number of rotatable bonds is 3. The molecule has 1 aromatic rings. The highest BCUT2D eigenvalue weighted by molar-refractivity contribution is 6.05. The van der Waals surface area contributed by atoms with E-state index in [0.717, 1.165) is 12.1 Å². The molecule has 0 atom stereocenters. The monoisotopic (exact) mass is 252 g/mol. The molecule has 0 aromatic heterocycles. The van der Waals surface area contributed by atoms with Gasteiger partial charge in [0.2, 0.25) is 0 Å². The molecule has 0 spiro atoms. The van der Waals surface area contributed by atoms with Crippen molar-refractivity contribution in [1.29, 1.82) is 0 Å². The van der Waals surface area contributed by atoms with Gasteiger partial charge >= 0.3 is 6.18 Å². The smallest absolute Gasteiger partial charge is 0.289 e. The highest BCUT2D eigenvalue weighted by Gasteiger charge is 2.29. The van der Waals surface area contributed by atoms with Crippen molar-refractivity contribution in [2.75, 3.05) is 0 Å². The van der Waals surface area contributed by atoms with Crippen LogP contribution in [0, 0.1) is 0 Å². The van der Waals surface area contributed by atoms with Crippen molar-refractivity contribution in [3.05, 3.63) is 59.4 Å². The Hall–Kier alpha value is -2.06. The summed E-state index contributed by atoms with van der Waals surface area (Å²) in [5.41, 5.74) is 2.61. The molecule has 94 valence electrons. The highest BCUT2D eigenvalue weighted by atomic mass is 19.4. The Labute approximate surface area is 103 Å².